The molecule has 0 saturated carbocycles. The maximum absolute atomic E-state index is 12.0. The predicted octanol–water partition coefficient (Wildman–Crippen LogP) is 1.11. The largest absolute Gasteiger partial charge is 0.329 e. The first-order chi connectivity index (χ1) is 9.02. The minimum Gasteiger partial charge on any atom is -0.329 e. The van der Waals surface area contributed by atoms with Crippen molar-refractivity contribution in [1.29, 1.82) is 5.26 Å². The normalized spacial score (nSPS) is 12.9. The van der Waals surface area contributed by atoms with Gasteiger partial charge in [0.25, 0.3) is 0 Å². The molecular formula is C13H19N3O2S. The van der Waals surface area contributed by atoms with E-state index in [0.717, 1.165) is 6.42 Å². The molecule has 6 heteroatoms. The van der Waals surface area contributed by atoms with Gasteiger partial charge in [-0.1, -0.05) is 31.5 Å². The number of rotatable bonds is 7. The number of nitrogens with one attached hydrogen (secondary N) is 1. The Morgan fingerprint density at radius 1 is 1.42 bits per heavy atom. The van der Waals surface area contributed by atoms with Crippen LogP contribution in [0.4, 0.5) is 0 Å². The van der Waals surface area contributed by atoms with E-state index in [1.54, 1.807) is 24.3 Å². The summed E-state index contributed by atoms with van der Waals surface area (Å²) in [6, 6.07) is 8.43. The van der Waals surface area contributed by atoms with Crippen molar-refractivity contribution in [2.75, 3.05) is 6.54 Å². The van der Waals surface area contributed by atoms with Crippen molar-refractivity contribution < 1.29 is 8.42 Å². The number of benzene rings is 1. The smallest absolute Gasteiger partial charge is 0.216 e. The third-order valence-corrected chi connectivity index (χ3v) is 4.13. The van der Waals surface area contributed by atoms with E-state index in [9.17, 15) is 8.42 Å². The average molecular weight is 281 g/mol. The Kier molecular flexibility index (Phi) is 5.96. The van der Waals surface area contributed by atoms with Crippen LogP contribution in [0.2, 0.25) is 0 Å². The van der Waals surface area contributed by atoms with Crippen LogP contribution in [0.15, 0.2) is 24.3 Å². The first-order valence-electron chi connectivity index (χ1n) is 6.20. The molecule has 1 aromatic carbocycles. The van der Waals surface area contributed by atoms with Crippen molar-refractivity contribution >= 4 is 10.0 Å². The monoisotopic (exact) mass is 281 g/mol. The lowest BCUT2D eigenvalue weighted by Gasteiger charge is -2.16. The molecule has 1 atom stereocenters. The van der Waals surface area contributed by atoms with Gasteiger partial charge in [-0.15, -0.1) is 0 Å². The Hall–Kier alpha value is -1.42. The zero-order chi connectivity index (χ0) is 14.3. The summed E-state index contributed by atoms with van der Waals surface area (Å²) in [7, 11) is -3.48. The fourth-order valence-electron chi connectivity index (χ4n) is 1.83. The Bertz CT molecular complexity index is 549. The first-order valence-corrected chi connectivity index (χ1v) is 7.85. The quantitative estimate of drug-likeness (QED) is 0.782. The molecular weight excluding hydrogens is 262 g/mol. The summed E-state index contributed by atoms with van der Waals surface area (Å²) >= 11 is 0. The average Bonchev–Trinajstić information content (AvgIpc) is 2.38. The second kappa shape index (κ2) is 7.24. The number of sulfonamides is 1. The molecule has 0 aliphatic heterocycles. The topological polar surface area (TPSA) is 96.0 Å². The molecule has 0 aliphatic rings. The van der Waals surface area contributed by atoms with Crippen LogP contribution in [0.25, 0.3) is 0 Å². The van der Waals surface area contributed by atoms with E-state index < -0.39 is 10.0 Å². The van der Waals surface area contributed by atoms with Gasteiger partial charge in [0.2, 0.25) is 10.0 Å². The highest BCUT2D eigenvalue weighted by Crippen LogP contribution is 2.11. The molecule has 0 aliphatic carbocycles. The summed E-state index contributed by atoms with van der Waals surface area (Å²) < 4.78 is 26.7. The summed E-state index contributed by atoms with van der Waals surface area (Å²) in [5, 5.41) is 8.94. The van der Waals surface area contributed by atoms with Gasteiger partial charge in [-0.05, 0) is 18.1 Å². The van der Waals surface area contributed by atoms with Crippen LogP contribution in [0.1, 0.15) is 30.9 Å². The summed E-state index contributed by atoms with van der Waals surface area (Å²) in [6.45, 7) is 2.24. The number of hydrogen-bond acceptors (Lipinski definition) is 4. The third kappa shape index (κ3) is 4.99. The molecule has 0 heterocycles. The Balaban J connectivity index is 2.82. The highest BCUT2D eigenvalue weighted by molar-refractivity contribution is 7.88. The van der Waals surface area contributed by atoms with Gasteiger partial charge >= 0.3 is 0 Å². The second-order valence-corrected chi connectivity index (χ2v) is 6.12. The standard InChI is InChI=1S/C13H19N3O2S/c1-2-5-13(9-15)16-19(17,18)10-12-7-4-3-6-11(12)8-14/h3-4,6-7,13,16H,2,5,9-10,15H2,1H3. The van der Waals surface area contributed by atoms with Crippen molar-refractivity contribution in [3.05, 3.63) is 35.4 Å². The van der Waals surface area contributed by atoms with Crippen LogP contribution in [0.5, 0.6) is 0 Å². The van der Waals surface area contributed by atoms with Gasteiger partial charge in [0, 0.05) is 12.6 Å². The lowest BCUT2D eigenvalue weighted by atomic mass is 10.1. The summed E-state index contributed by atoms with van der Waals surface area (Å²) in [5.74, 6) is -0.197. The molecule has 1 unspecified atom stereocenters. The van der Waals surface area contributed by atoms with Crippen molar-refractivity contribution in [2.24, 2.45) is 5.73 Å². The van der Waals surface area contributed by atoms with Crippen molar-refractivity contribution in [3.63, 3.8) is 0 Å². The summed E-state index contributed by atoms with van der Waals surface area (Å²) in [5.41, 5.74) is 6.42. The second-order valence-electron chi connectivity index (χ2n) is 4.37. The molecule has 0 radical (unpaired) electrons. The van der Waals surface area contributed by atoms with E-state index in [-0.39, 0.29) is 18.3 Å². The van der Waals surface area contributed by atoms with Gasteiger partial charge in [0.1, 0.15) is 0 Å². The van der Waals surface area contributed by atoms with E-state index in [1.807, 2.05) is 13.0 Å². The van der Waals surface area contributed by atoms with E-state index in [0.29, 0.717) is 17.5 Å². The fraction of sp³-hybridized carbons (Fsp3) is 0.462. The molecule has 0 spiro atoms. The maximum Gasteiger partial charge on any atom is 0.216 e. The van der Waals surface area contributed by atoms with Crippen molar-refractivity contribution in [3.8, 4) is 6.07 Å². The molecule has 19 heavy (non-hydrogen) atoms. The van der Waals surface area contributed by atoms with E-state index in [1.165, 1.54) is 0 Å². The summed E-state index contributed by atoms with van der Waals surface area (Å²) in [4.78, 5) is 0. The van der Waals surface area contributed by atoms with Crippen LogP contribution in [0.3, 0.4) is 0 Å². The molecule has 3 N–H and O–H groups in total. The lowest BCUT2D eigenvalue weighted by molar-refractivity contribution is 0.526. The first kappa shape index (κ1) is 15.6. The molecule has 1 rings (SSSR count). The van der Waals surface area contributed by atoms with E-state index in [4.69, 9.17) is 11.0 Å². The highest BCUT2D eigenvalue weighted by atomic mass is 32.2. The molecule has 5 nitrogen and oxygen atoms in total. The molecule has 0 aromatic heterocycles. The third-order valence-electron chi connectivity index (χ3n) is 2.75. The van der Waals surface area contributed by atoms with Crippen LogP contribution in [-0.4, -0.2) is 21.0 Å². The number of nitrogens with two attached hydrogens (primary N) is 1. The number of hydrogen-bond donors (Lipinski definition) is 2. The van der Waals surface area contributed by atoms with Gasteiger partial charge in [0.15, 0.2) is 0 Å². The Labute approximate surface area is 114 Å². The summed E-state index contributed by atoms with van der Waals surface area (Å²) in [6.07, 6.45) is 1.56. The Morgan fingerprint density at radius 3 is 2.68 bits per heavy atom. The van der Waals surface area contributed by atoms with Gasteiger partial charge in [-0.3, -0.25) is 0 Å². The maximum atomic E-state index is 12.0. The molecule has 0 fully saturated rings. The van der Waals surface area contributed by atoms with Crippen molar-refractivity contribution in [2.45, 2.75) is 31.6 Å². The van der Waals surface area contributed by atoms with Gasteiger partial charge in [0.05, 0.1) is 17.4 Å². The fourth-order valence-corrected chi connectivity index (χ4v) is 3.30. The molecule has 1 aromatic rings. The van der Waals surface area contributed by atoms with Gasteiger partial charge in [-0.2, -0.15) is 5.26 Å². The van der Waals surface area contributed by atoms with Crippen LogP contribution >= 0.6 is 0 Å². The van der Waals surface area contributed by atoms with E-state index >= 15 is 0 Å². The molecule has 0 saturated heterocycles. The zero-order valence-electron chi connectivity index (χ0n) is 11.0. The minimum atomic E-state index is -3.48. The lowest BCUT2D eigenvalue weighted by Crippen LogP contribution is -2.40. The Morgan fingerprint density at radius 2 is 2.11 bits per heavy atom. The van der Waals surface area contributed by atoms with Gasteiger partial charge in [-0.25, -0.2) is 13.1 Å². The van der Waals surface area contributed by atoms with E-state index in [2.05, 4.69) is 4.72 Å². The van der Waals surface area contributed by atoms with Gasteiger partial charge < -0.3 is 5.73 Å². The predicted molar refractivity (Wildman–Crippen MR) is 74.7 cm³/mol. The molecule has 0 bridgehead atoms. The van der Waals surface area contributed by atoms with Crippen LogP contribution in [-0.2, 0) is 15.8 Å². The molecule has 104 valence electrons. The van der Waals surface area contributed by atoms with Crippen LogP contribution in [0, 0.1) is 11.3 Å². The zero-order valence-corrected chi connectivity index (χ0v) is 11.8. The molecule has 0 amide bonds. The number of nitrogens with zero attached hydrogens (tertiary/aromatic N) is 1. The number of nitriles is 1. The minimum absolute atomic E-state index is 0.197. The van der Waals surface area contributed by atoms with Crippen LogP contribution < -0.4 is 10.5 Å². The SMILES string of the molecule is CCCC(CN)NS(=O)(=O)Cc1ccccc1C#N. The highest BCUT2D eigenvalue weighted by Gasteiger charge is 2.18. The van der Waals surface area contributed by atoms with Crippen molar-refractivity contribution in [1.82, 2.24) is 4.72 Å².